The fraction of sp³-hybridized carbons (Fsp3) is 0.571. The first-order chi connectivity index (χ1) is 10.3. The minimum absolute atomic E-state index is 0.321. The van der Waals surface area contributed by atoms with Gasteiger partial charge in [-0.15, -0.1) is 0 Å². The van der Waals surface area contributed by atoms with Gasteiger partial charge in [-0.3, -0.25) is 9.80 Å². The van der Waals surface area contributed by atoms with Crippen molar-refractivity contribution in [1.82, 2.24) is 9.80 Å². The molecule has 0 radical (unpaired) electrons. The number of rotatable bonds is 4. The maximum Gasteiger partial charge on any atom is 0.415 e. The lowest BCUT2D eigenvalue weighted by Crippen LogP contribution is -2.50. The Hall–Kier alpha value is -0.890. The minimum Gasteiger partial charge on any atom is -0.382 e. The van der Waals surface area contributed by atoms with E-state index in [4.69, 9.17) is 16.7 Å². The molecule has 1 aliphatic rings. The molecule has 0 aliphatic carbocycles. The van der Waals surface area contributed by atoms with Crippen molar-refractivity contribution in [3.05, 3.63) is 34.6 Å². The zero-order chi connectivity index (χ0) is 16.3. The summed E-state index contributed by atoms with van der Waals surface area (Å²) >= 11 is 5.96. The van der Waals surface area contributed by atoms with E-state index in [2.05, 4.69) is 0 Å². The molecular weight excluding hydrogens is 324 g/mol. The second-order valence-electron chi connectivity index (χ2n) is 5.33. The van der Waals surface area contributed by atoms with E-state index >= 15 is 0 Å². The van der Waals surface area contributed by atoms with Crippen LogP contribution in [0.1, 0.15) is 5.56 Å². The van der Waals surface area contributed by atoms with Crippen molar-refractivity contribution in [2.24, 2.45) is 0 Å². The van der Waals surface area contributed by atoms with Gasteiger partial charge in [-0.1, -0.05) is 17.7 Å². The Balaban J connectivity index is 1.85. The smallest absolute Gasteiger partial charge is 0.382 e. The van der Waals surface area contributed by atoms with Gasteiger partial charge in [0.2, 0.25) is 0 Å². The van der Waals surface area contributed by atoms with Crippen molar-refractivity contribution >= 4 is 11.6 Å². The predicted molar refractivity (Wildman–Crippen MR) is 75.2 cm³/mol. The average molecular weight is 341 g/mol. The highest BCUT2D eigenvalue weighted by molar-refractivity contribution is 6.31. The quantitative estimate of drug-likeness (QED) is 0.853. The van der Waals surface area contributed by atoms with Crippen molar-refractivity contribution in [2.45, 2.75) is 18.8 Å². The number of hydrogen-bond donors (Lipinski definition) is 1. The van der Waals surface area contributed by atoms with E-state index in [9.17, 15) is 17.6 Å². The van der Waals surface area contributed by atoms with E-state index in [1.54, 1.807) is 11.0 Å². The molecule has 0 aromatic heterocycles. The van der Waals surface area contributed by atoms with Crippen molar-refractivity contribution in [3.63, 3.8) is 0 Å². The Morgan fingerprint density at radius 2 is 1.73 bits per heavy atom. The van der Waals surface area contributed by atoms with Gasteiger partial charge >= 0.3 is 6.18 Å². The Labute approximate surface area is 131 Å². The number of nitrogens with zero attached hydrogens (tertiary/aromatic N) is 2. The third-order valence-corrected chi connectivity index (χ3v) is 4.07. The molecule has 1 atom stereocenters. The summed E-state index contributed by atoms with van der Waals surface area (Å²) < 4.78 is 50.6. The summed E-state index contributed by atoms with van der Waals surface area (Å²) in [5.41, 5.74) is 0.396. The van der Waals surface area contributed by atoms with Crippen LogP contribution in [0.5, 0.6) is 0 Å². The Kier molecular flexibility index (Phi) is 5.65. The average Bonchev–Trinajstić information content (AvgIpc) is 2.44. The molecule has 0 spiro atoms. The summed E-state index contributed by atoms with van der Waals surface area (Å²) in [6, 6.07) is 4.46. The molecule has 0 bridgehead atoms. The van der Waals surface area contributed by atoms with Gasteiger partial charge in [0.25, 0.3) is 0 Å². The number of piperazine rings is 1. The van der Waals surface area contributed by atoms with Crippen LogP contribution in [-0.4, -0.2) is 59.9 Å². The third-order valence-electron chi connectivity index (χ3n) is 3.72. The standard InChI is InChI=1S/C14H17ClF4N2O/c15-11-2-1-3-12(16)10(11)8-20-4-6-21(7-5-20)9-13(22)14(17,18)19/h1-3,13,22H,4-9H2/t13-/m1/s1. The number of alkyl halides is 3. The molecular formula is C14H17ClF4N2O. The Bertz CT molecular complexity index is 484. The van der Waals surface area contributed by atoms with Crippen LogP contribution in [0.15, 0.2) is 18.2 Å². The number of hydrogen-bond acceptors (Lipinski definition) is 3. The molecule has 124 valence electrons. The van der Waals surface area contributed by atoms with Gasteiger partial charge in [0, 0.05) is 49.9 Å². The first-order valence-electron chi connectivity index (χ1n) is 6.89. The molecule has 1 N–H and O–H groups in total. The van der Waals surface area contributed by atoms with E-state index in [1.165, 1.54) is 12.1 Å². The molecule has 0 amide bonds. The van der Waals surface area contributed by atoms with Gasteiger partial charge in [0.1, 0.15) is 5.82 Å². The Morgan fingerprint density at radius 1 is 1.14 bits per heavy atom. The topological polar surface area (TPSA) is 26.7 Å². The largest absolute Gasteiger partial charge is 0.415 e. The zero-order valence-electron chi connectivity index (χ0n) is 11.8. The first-order valence-corrected chi connectivity index (χ1v) is 7.27. The number of β-amino-alcohol motifs (C(OH)–C–C–N with tert-alkyl or cyclic N) is 1. The van der Waals surface area contributed by atoms with E-state index < -0.39 is 18.8 Å². The molecule has 1 saturated heterocycles. The van der Waals surface area contributed by atoms with Gasteiger partial charge in [-0.2, -0.15) is 13.2 Å². The van der Waals surface area contributed by atoms with Crippen LogP contribution in [0.4, 0.5) is 17.6 Å². The monoisotopic (exact) mass is 340 g/mol. The minimum atomic E-state index is -4.60. The SMILES string of the molecule is O[C@H](CN1CCN(Cc2c(F)cccc2Cl)CC1)C(F)(F)F. The van der Waals surface area contributed by atoms with Crippen LogP contribution in [-0.2, 0) is 6.54 Å². The van der Waals surface area contributed by atoms with Crippen LogP contribution >= 0.6 is 11.6 Å². The summed E-state index contributed by atoms with van der Waals surface area (Å²) in [7, 11) is 0. The van der Waals surface area contributed by atoms with Crippen molar-refractivity contribution in [3.8, 4) is 0 Å². The molecule has 1 aromatic rings. The molecule has 2 rings (SSSR count). The molecule has 3 nitrogen and oxygen atoms in total. The number of aliphatic hydroxyl groups excluding tert-OH is 1. The summed E-state index contributed by atoms with van der Waals surface area (Å²) in [6.45, 7) is 1.65. The summed E-state index contributed by atoms with van der Waals surface area (Å²) in [5, 5.41) is 9.41. The van der Waals surface area contributed by atoms with Crippen LogP contribution in [0.3, 0.4) is 0 Å². The van der Waals surface area contributed by atoms with E-state index in [0.29, 0.717) is 43.3 Å². The fourth-order valence-electron chi connectivity index (χ4n) is 2.39. The van der Waals surface area contributed by atoms with Crippen molar-refractivity contribution < 1.29 is 22.7 Å². The van der Waals surface area contributed by atoms with Gasteiger partial charge in [0.05, 0.1) is 0 Å². The Morgan fingerprint density at radius 3 is 2.27 bits per heavy atom. The molecule has 0 unspecified atom stereocenters. The van der Waals surface area contributed by atoms with Crippen LogP contribution in [0.25, 0.3) is 0 Å². The molecule has 8 heteroatoms. The number of aliphatic hydroxyl groups is 1. The lowest BCUT2D eigenvalue weighted by molar-refractivity contribution is -0.209. The van der Waals surface area contributed by atoms with Crippen LogP contribution < -0.4 is 0 Å². The van der Waals surface area contributed by atoms with E-state index in [0.717, 1.165) is 0 Å². The van der Waals surface area contributed by atoms with E-state index in [-0.39, 0.29) is 5.82 Å². The number of benzene rings is 1. The molecule has 1 aliphatic heterocycles. The molecule has 1 heterocycles. The maximum atomic E-state index is 13.7. The van der Waals surface area contributed by atoms with Gasteiger partial charge < -0.3 is 5.11 Å². The molecule has 1 fully saturated rings. The summed E-state index contributed by atoms with van der Waals surface area (Å²) in [6.07, 6.45) is -6.93. The van der Waals surface area contributed by atoms with Crippen LogP contribution in [0, 0.1) is 5.82 Å². The van der Waals surface area contributed by atoms with Crippen molar-refractivity contribution in [1.29, 1.82) is 0 Å². The van der Waals surface area contributed by atoms with Gasteiger partial charge in [-0.25, -0.2) is 4.39 Å². The zero-order valence-corrected chi connectivity index (χ0v) is 12.5. The van der Waals surface area contributed by atoms with Gasteiger partial charge in [-0.05, 0) is 12.1 Å². The molecule has 22 heavy (non-hydrogen) atoms. The highest BCUT2D eigenvalue weighted by atomic mass is 35.5. The maximum absolute atomic E-state index is 13.7. The highest BCUT2D eigenvalue weighted by Crippen LogP contribution is 2.23. The second kappa shape index (κ2) is 7.12. The second-order valence-corrected chi connectivity index (χ2v) is 5.74. The normalized spacial score (nSPS) is 19.4. The highest BCUT2D eigenvalue weighted by Gasteiger charge is 2.39. The lowest BCUT2D eigenvalue weighted by Gasteiger charge is -2.36. The van der Waals surface area contributed by atoms with Crippen molar-refractivity contribution in [2.75, 3.05) is 32.7 Å². The summed E-state index contributed by atoms with van der Waals surface area (Å²) in [5.74, 6) is -0.387. The van der Waals surface area contributed by atoms with E-state index in [1.807, 2.05) is 4.90 Å². The fourth-order valence-corrected chi connectivity index (χ4v) is 2.61. The van der Waals surface area contributed by atoms with Crippen LogP contribution in [0.2, 0.25) is 5.02 Å². The molecule has 0 saturated carbocycles. The molecule has 1 aromatic carbocycles. The third kappa shape index (κ3) is 4.55. The predicted octanol–water partition coefficient (Wildman–Crippen LogP) is 2.52. The lowest BCUT2D eigenvalue weighted by atomic mass is 10.1. The first kappa shape index (κ1) is 17.5. The number of halogens is 5. The van der Waals surface area contributed by atoms with Gasteiger partial charge in [0.15, 0.2) is 6.10 Å². The summed E-state index contributed by atoms with van der Waals surface area (Å²) in [4.78, 5) is 3.48.